The van der Waals surface area contributed by atoms with E-state index in [4.69, 9.17) is 5.73 Å². The quantitative estimate of drug-likeness (QED) is 0.645. The predicted molar refractivity (Wildman–Crippen MR) is 118 cm³/mol. The van der Waals surface area contributed by atoms with Crippen LogP contribution in [0.1, 0.15) is 52.4 Å². The molecule has 0 radical (unpaired) electrons. The molecule has 1 aromatic rings. The van der Waals surface area contributed by atoms with Gasteiger partial charge in [0.25, 0.3) is 0 Å². The van der Waals surface area contributed by atoms with Crippen LogP contribution in [0.4, 0.5) is 11.4 Å². The number of nitrogens with one attached hydrogen (secondary N) is 2. The highest BCUT2D eigenvalue weighted by atomic mass is 16.2. The van der Waals surface area contributed by atoms with Crippen molar-refractivity contribution >= 4 is 23.2 Å². The van der Waals surface area contributed by atoms with Crippen molar-refractivity contribution in [3.63, 3.8) is 0 Å². The maximum Gasteiger partial charge on any atom is 0.243 e. The Morgan fingerprint density at radius 3 is 2.70 bits per heavy atom. The van der Waals surface area contributed by atoms with Crippen LogP contribution in [0, 0.1) is 34.5 Å². The van der Waals surface area contributed by atoms with E-state index in [-0.39, 0.29) is 34.6 Å². The molecule has 5 rings (SSSR count). The minimum absolute atomic E-state index is 0.0372. The van der Waals surface area contributed by atoms with Crippen molar-refractivity contribution in [2.45, 2.75) is 58.4 Å². The molecule has 0 spiro atoms. The average Bonchev–Trinajstić information content (AvgIpc) is 3.07. The van der Waals surface area contributed by atoms with E-state index in [2.05, 4.69) is 30.6 Å². The van der Waals surface area contributed by atoms with Gasteiger partial charge in [0, 0.05) is 17.4 Å². The summed E-state index contributed by atoms with van der Waals surface area (Å²) in [4.78, 5) is 25.2. The molecule has 3 fully saturated rings. The lowest BCUT2D eigenvalue weighted by molar-refractivity contribution is -0.129. The molecule has 5 heteroatoms. The molecule has 7 atom stereocenters. The van der Waals surface area contributed by atoms with Crippen LogP contribution in [0.3, 0.4) is 0 Å². The first kappa shape index (κ1) is 19.7. The summed E-state index contributed by atoms with van der Waals surface area (Å²) in [7, 11) is 0. The summed E-state index contributed by atoms with van der Waals surface area (Å²) in [6, 6.07) is 7.76. The highest BCUT2D eigenvalue weighted by molar-refractivity contribution is 5.96. The van der Waals surface area contributed by atoms with Crippen LogP contribution in [-0.2, 0) is 9.59 Å². The number of carbonyl (C=O) groups is 2. The summed E-state index contributed by atoms with van der Waals surface area (Å²) in [6.45, 7) is 4.69. The fourth-order valence-electron chi connectivity index (χ4n) is 7.59. The Morgan fingerprint density at radius 1 is 1.10 bits per heavy atom. The van der Waals surface area contributed by atoms with Crippen LogP contribution in [0.2, 0.25) is 0 Å². The van der Waals surface area contributed by atoms with Gasteiger partial charge in [0.15, 0.2) is 0 Å². The van der Waals surface area contributed by atoms with Crippen LogP contribution in [0.25, 0.3) is 0 Å². The number of nitrogen functional groups attached to an aromatic ring is 1. The van der Waals surface area contributed by atoms with Gasteiger partial charge in [-0.05, 0) is 79.9 Å². The van der Waals surface area contributed by atoms with Crippen molar-refractivity contribution < 1.29 is 9.59 Å². The van der Waals surface area contributed by atoms with E-state index in [0.717, 1.165) is 44.2 Å². The van der Waals surface area contributed by atoms with Crippen LogP contribution in [0.5, 0.6) is 0 Å². The number of para-hydroxylation sites is 2. The van der Waals surface area contributed by atoms with E-state index in [9.17, 15) is 9.59 Å². The maximum atomic E-state index is 13.3. The highest BCUT2D eigenvalue weighted by Crippen LogP contribution is 2.65. The zero-order valence-electron chi connectivity index (χ0n) is 18.0. The lowest BCUT2D eigenvalue weighted by Crippen LogP contribution is -2.59. The van der Waals surface area contributed by atoms with Gasteiger partial charge >= 0.3 is 0 Å². The van der Waals surface area contributed by atoms with Crippen LogP contribution >= 0.6 is 0 Å². The number of carbonyl (C=O) groups excluding carboxylic acids is 2. The van der Waals surface area contributed by atoms with Crippen molar-refractivity contribution in [2.75, 3.05) is 11.1 Å². The van der Waals surface area contributed by atoms with Gasteiger partial charge in [-0.1, -0.05) is 32.1 Å². The Balaban J connectivity index is 1.38. The average molecular weight is 408 g/mol. The molecule has 4 aliphatic rings. The number of rotatable bonds is 2. The Hall–Kier alpha value is -2.30. The molecule has 2 amide bonds. The Bertz CT molecular complexity index is 911. The maximum absolute atomic E-state index is 13.3. The SMILES string of the molecule is CC12C=CC(=O)NC1CCC1C2CCC2(C)C(C(=O)Nc3ccccc3N)CCC12. The predicted octanol–water partition coefficient (Wildman–Crippen LogP) is 4.12. The summed E-state index contributed by atoms with van der Waals surface area (Å²) in [6.07, 6.45) is 10.4. The van der Waals surface area contributed by atoms with Gasteiger partial charge in [0.1, 0.15) is 0 Å². The molecule has 3 aliphatic carbocycles. The third kappa shape index (κ3) is 2.81. The molecule has 7 unspecified atom stereocenters. The lowest BCUT2D eigenvalue weighted by Gasteiger charge is -2.58. The van der Waals surface area contributed by atoms with Gasteiger partial charge in [0.05, 0.1) is 11.4 Å². The van der Waals surface area contributed by atoms with Crippen molar-refractivity contribution in [2.24, 2.45) is 34.5 Å². The topological polar surface area (TPSA) is 84.2 Å². The van der Waals surface area contributed by atoms with Gasteiger partial charge in [-0.3, -0.25) is 9.59 Å². The molecule has 0 bridgehead atoms. The summed E-state index contributed by atoms with van der Waals surface area (Å²) in [5.41, 5.74) is 7.47. The normalized spacial score (nSPS) is 41.9. The molecule has 3 saturated carbocycles. The second-order valence-corrected chi connectivity index (χ2v) is 10.5. The standard InChI is InChI=1S/C25H33N3O2/c1-24-13-11-17-15(7-10-21-25(17,2)14-12-22(29)28-21)16(24)8-9-18(24)23(30)27-20-6-4-3-5-19(20)26/h3-6,12,14-18,21H,7-11,13,26H2,1-2H3,(H,27,30)(H,28,29). The Morgan fingerprint density at radius 2 is 1.90 bits per heavy atom. The summed E-state index contributed by atoms with van der Waals surface area (Å²) < 4.78 is 0. The third-order valence-corrected chi connectivity index (χ3v) is 9.22. The van der Waals surface area contributed by atoms with E-state index in [1.165, 1.54) is 0 Å². The van der Waals surface area contributed by atoms with E-state index >= 15 is 0 Å². The van der Waals surface area contributed by atoms with Crippen molar-refractivity contribution in [1.29, 1.82) is 0 Å². The first-order valence-corrected chi connectivity index (χ1v) is 11.5. The van der Waals surface area contributed by atoms with Gasteiger partial charge in [-0.25, -0.2) is 0 Å². The Labute approximate surface area is 178 Å². The minimum atomic E-state index is 0.0372. The van der Waals surface area contributed by atoms with Gasteiger partial charge in [-0.2, -0.15) is 0 Å². The summed E-state index contributed by atoms with van der Waals surface area (Å²) >= 11 is 0. The number of fused-ring (bicyclic) bond motifs is 5. The third-order valence-electron chi connectivity index (χ3n) is 9.22. The molecule has 1 aromatic carbocycles. The van der Waals surface area contributed by atoms with Crippen molar-refractivity contribution in [3.05, 3.63) is 36.4 Å². The van der Waals surface area contributed by atoms with Gasteiger partial charge < -0.3 is 16.4 Å². The second kappa shape index (κ2) is 6.86. The summed E-state index contributed by atoms with van der Waals surface area (Å²) in [5, 5.41) is 6.34. The fourth-order valence-corrected chi connectivity index (χ4v) is 7.59. The molecule has 0 saturated heterocycles. The Kier molecular flexibility index (Phi) is 4.49. The van der Waals surface area contributed by atoms with E-state index in [1.807, 2.05) is 24.3 Å². The number of benzene rings is 1. The fraction of sp³-hybridized carbons (Fsp3) is 0.600. The van der Waals surface area contributed by atoms with Crippen molar-refractivity contribution in [3.8, 4) is 0 Å². The molecule has 4 N–H and O–H groups in total. The molecular formula is C25H33N3O2. The first-order valence-electron chi connectivity index (χ1n) is 11.5. The largest absolute Gasteiger partial charge is 0.397 e. The smallest absolute Gasteiger partial charge is 0.243 e. The van der Waals surface area contributed by atoms with E-state index in [1.54, 1.807) is 6.08 Å². The molecule has 160 valence electrons. The molecule has 1 aliphatic heterocycles. The monoisotopic (exact) mass is 407 g/mol. The first-order chi connectivity index (χ1) is 14.3. The number of nitrogens with two attached hydrogens (primary N) is 1. The number of hydrogen-bond acceptors (Lipinski definition) is 3. The highest BCUT2D eigenvalue weighted by Gasteiger charge is 2.60. The van der Waals surface area contributed by atoms with Gasteiger partial charge in [-0.15, -0.1) is 0 Å². The van der Waals surface area contributed by atoms with E-state index in [0.29, 0.717) is 23.4 Å². The zero-order valence-corrected chi connectivity index (χ0v) is 18.0. The number of amides is 2. The van der Waals surface area contributed by atoms with Gasteiger partial charge in [0.2, 0.25) is 11.8 Å². The summed E-state index contributed by atoms with van der Waals surface area (Å²) in [5.74, 6) is 2.00. The van der Waals surface area contributed by atoms with Crippen LogP contribution < -0.4 is 16.4 Å². The lowest BCUT2D eigenvalue weighted by atomic mass is 9.48. The number of hydrogen-bond donors (Lipinski definition) is 3. The second-order valence-electron chi connectivity index (χ2n) is 10.5. The zero-order chi connectivity index (χ0) is 21.1. The molecule has 30 heavy (non-hydrogen) atoms. The molecular weight excluding hydrogens is 374 g/mol. The molecule has 5 nitrogen and oxygen atoms in total. The molecule has 0 aromatic heterocycles. The molecule has 1 heterocycles. The van der Waals surface area contributed by atoms with E-state index < -0.39 is 0 Å². The van der Waals surface area contributed by atoms with Crippen molar-refractivity contribution in [1.82, 2.24) is 5.32 Å². The minimum Gasteiger partial charge on any atom is -0.397 e. The van der Waals surface area contributed by atoms with Crippen LogP contribution in [0.15, 0.2) is 36.4 Å². The van der Waals surface area contributed by atoms with Crippen LogP contribution in [-0.4, -0.2) is 17.9 Å². The number of anilines is 2.